The fraction of sp³-hybridized carbons (Fsp3) is 0.455. The molecule has 1 nitrogen and oxygen atoms in total. The van der Waals surface area contributed by atoms with E-state index in [0.717, 1.165) is 25.0 Å². The Morgan fingerprint density at radius 2 is 1.94 bits per heavy atom. The zero-order valence-electron chi connectivity index (χ0n) is 8.44. The lowest BCUT2D eigenvalue weighted by molar-refractivity contribution is -0.137. The van der Waals surface area contributed by atoms with Crippen LogP contribution in [-0.2, 0) is 6.18 Å². The average Bonchev–Trinajstić information content (AvgIpc) is 2.98. The molecule has 1 aliphatic rings. The van der Waals surface area contributed by atoms with Gasteiger partial charge in [-0.3, -0.25) is 0 Å². The number of hydrogen-bond donors (Lipinski definition) is 1. The number of alkyl halides is 3. The van der Waals surface area contributed by atoms with Crippen molar-refractivity contribution in [1.82, 2.24) is 0 Å². The van der Waals surface area contributed by atoms with E-state index in [1.165, 1.54) is 0 Å². The van der Waals surface area contributed by atoms with Crippen LogP contribution in [0.5, 0.6) is 0 Å². The van der Waals surface area contributed by atoms with Gasteiger partial charge in [-0.1, -0.05) is 0 Å². The Morgan fingerprint density at radius 3 is 2.50 bits per heavy atom. The monoisotopic (exact) mass is 233 g/mol. The molecule has 5 heteroatoms. The highest BCUT2D eigenvalue weighted by atomic mass is 19.4. The molecule has 1 aromatic rings. The molecule has 1 aromatic carbocycles. The first-order valence-electron chi connectivity index (χ1n) is 5.07. The van der Waals surface area contributed by atoms with E-state index in [-0.39, 0.29) is 5.69 Å². The fourth-order valence-electron chi connectivity index (χ4n) is 1.48. The first-order valence-corrected chi connectivity index (χ1v) is 5.07. The van der Waals surface area contributed by atoms with E-state index >= 15 is 0 Å². The van der Waals surface area contributed by atoms with Crippen LogP contribution >= 0.6 is 0 Å². The van der Waals surface area contributed by atoms with Gasteiger partial charge in [-0.2, -0.15) is 13.2 Å². The topological polar surface area (TPSA) is 12.0 Å². The van der Waals surface area contributed by atoms with Gasteiger partial charge in [0.2, 0.25) is 0 Å². The number of benzene rings is 1. The molecule has 0 spiro atoms. The molecule has 0 saturated heterocycles. The molecule has 1 saturated carbocycles. The minimum atomic E-state index is -4.52. The maximum Gasteiger partial charge on any atom is 0.418 e. The van der Waals surface area contributed by atoms with Crippen LogP contribution in [-0.4, -0.2) is 6.54 Å². The summed E-state index contributed by atoms with van der Waals surface area (Å²) in [6.45, 7) is 0.523. The molecule has 0 unspecified atom stereocenters. The van der Waals surface area contributed by atoms with Crippen molar-refractivity contribution in [3.63, 3.8) is 0 Å². The molecule has 0 radical (unpaired) electrons. The number of nitrogens with one attached hydrogen (secondary N) is 1. The molecule has 0 amide bonds. The van der Waals surface area contributed by atoms with Crippen LogP contribution in [0.3, 0.4) is 0 Å². The third-order valence-electron chi connectivity index (χ3n) is 2.57. The lowest BCUT2D eigenvalue weighted by Crippen LogP contribution is -2.12. The molecule has 16 heavy (non-hydrogen) atoms. The highest BCUT2D eigenvalue weighted by molar-refractivity contribution is 5.52. The molecule has 0 aliphatic heterocycles. The van der Waals surface area contributed by atoms with Crippen LogP contribution in [0.4, 0.5) is 23.2 Å². The first kappa shape index (κ1) is 11.2. The van der Waals surface area contributed by atoms with Gasteiger partial charge in [-0.05, 0) is 37.0 Å². The fourth-order valence-corrected chi connectivity index (χ4v) is 1.48. The second-order valence-electron chi connectivity index (χ2n) is 4.01. The molecule has 0 heterocycles. The number of anilines is 1. The van der Waals surface area contributed by atoms with E-state index in [2.05, 4.69) is 5.32 Å². The van der Waals surface area contributed by atoms with Crippen molar-refractivity contribution in [2.24, 2.45) is 5.92 Å². The molecule has 0 bridgehead atoms. The molecule has 88 valence electrons. The van der Waals surface area contributed by atoms with E-state index in [1.54, 1.807) is 0 Å². The van der Waals surface area contributed by atoms with Crippen molar-refractivity contribution in [3.05, 3.63) is 29.6 Å². The number of rotatable bonds is 3. The predicted octanol–water partition coefficient (Wildman–Crippen LogP) is 3.67. The zero-order valence-corrected chi connectivity index (χ0v) is 8.44. The third-order valence-corrected chi connectivity index (χ3v) is 2.57. The van der Waals surface area contributed by atoms with Crippen molar-refractivity contribution in [2.45, 2.75) is 19.0 Å². The maximum atomic E-state index is 12.8. The highest BCUT2D eigenvalue weighted by Gasteiger charge is 2.34. The highest BCUT2D eigenvalue weighted by Crippen LogP contribution is 2.36. The Morgan fingerprint density at radius 1 is 1.25 bits per heavy atom. The Labute approximate surface area is 90.5 Å². The van der Waals surface area contributed by atoms with Crippen molar-refractivity contribution in [1.29, 1.82) is 0 Å². The van der Waals surface area contributed by atoms with E-state index in [4.69, 9.17) is 0 Å². The Bertz CT molecular complexity index is 382. The molecule has 1 fully saturated rings. The van der Waals surface area contributed by atoms with Gasteiger partial charge in [0, 0.05) is 12.2 Å². The van der Waals surface area contributed by atoms with Gasteiger partial charge < -0.3 is 5.32 Å². The molecular weight excluding hydrogens is 222 g/mol. The smallest absolute Gasteiger partial charge is 0.384 e. The van der Waals surface area contributed by atoms with Crippen LogP contribution in [0.1, 0.15) is 18.4 Å². The third kappa shape index (κ3) is 2.65. The van der Waals surface area contributed by atoms with Gasteiger partial charge in [0.15, 0.2) is 0 Å². The summed E-state index contributed by atoms with van der Waals surface area (Å²) in [7, 11) is 0. The summed E-state index contributed by atoms with van der Waals surface area (Å²) in [6, 6.07) is 2.69. The number of hydrogen-bond acceptors (Lipinski definition) is 1. The van der Waals surface area contributed by atoms with Gasteiger partial charge in [0.25, 0.3) is 0 Å². The summed E-state index contributed by atoms with van der Waals surface area (Å²) in [5, 5.41) is 2.72. The van der Waals surface area contributed by atoms with E-state index < -0.39 is 17.6 Å². The molecule has 1 N–H and O–H groups in total. The molecule has 0 atom stereocenters. The normalized spacial score (nSPS) is 16.2. The summed E-state index contributed by atoms with van der Waals surface area (Å²) in [5.74, 6) is -0.407. The van der Waals surface area contributed by atoms with Crippen LogP contribution in [0.25, 0.3) is 0 Å². The molecule has 2 rings (SSSR count). The van der Waals surface area contributed by atoms with Gasteiger partial charge in [-0.15, -0.1) is 0 Å². The lowest BCUT2D eigenvalue weighted by Gasteiger charge is -2.14. The van der Waals surface area contributed by atoms with E-state index in [1.807, 2.05) is 0 Å². The summed E-state index contributed by atoms with van der Waals surface area (Å²) >= 11 is 0. The molecule has 0 aromatic heterocycles. The largest absolute Gasteiger partial charge is 0.418 e. The van der Waals surface area contributed by atoms with Crippen molar-refractivity contribution >= 4 is 5.69 Å². The van der Waals surface area contributed by atoms with Gasteiger partial charge in [0.05, 0.1) is 5.56 Å². The Hall–Kier alpha value is -1.26. The van der Waals surface area contributed by atoms with E-state index in [9.17, 15) is 17.6 Å². The Kier molecular flexibility index (Phi) is 2.78. The second kappa shape index (κ2) is 3.96. The second-order valence-corrected chi connectivity index (χ2v) is 4.01. The minimum Gasteiger partial charge on any atom is -0.384 e. The summed E-state index contributed by atoms with van der Waals surface area (Å²) in [4.78, 5) is 0. The van der Waals surface area contributed by atoms with Gasteiger partial charge in [0.1, 0.15) is 5.82 Å². The molecule has 1 aliphatic carbocycles. The van der Waals surface area contributed by atoms with Gasteiger partial charge in [-0.25, -0.2) is 4.39 Å². The quantitative estimate of drug-likeness (QED) is 0.785. The number of halogens is 4. The standard InChI is InChI=1S/C11H11F4N/c12-8-3-4-10(16-6-7-1-2-7)9(5-8)11(13,14)15/h3-5,7,16H,1-2,6H2. The zero-order chi connectivity index (χ0) is 11.8. The van der Waals surface area contributed by atoms with Crippen LogP contribution in [0, 0.1) is 11.7 Å². The van der Waals surface area contributed by atoms with Crippen LogP contribution in [0.2, 0.25) is 0 Å². The lowest BCUT2D eigenvalue weighted by atomic mass is 10.1. The average molecular weight is 233 g/mol. The van der Waals surface area contributed by atoms with Crippen molar-refractivity contribution in [3.8, 4) is 0 Å². The SMILES string of the molecule is Fc1ccc(NCC2CC2)c(C(F)(F)F)c1. The minimum absolute atomic E-state index is 0.0409. The Balaban J connectivity index is 2.20. The summed E-state index contributed by atoms with van der Waals surface area (Å²) in [5.41, 5.74) is -0.978. The van der Waals surface area contributed by atoms with E-state index in [0.29, 0.717) is 18.5 Å². The van der Waals surface area contributed by atoms with Crippen LogP contribution in [0.15, 0.2) is 18.2 Å². The summed E-state index contributed by atoms with van der Waals surface area (Å²) in [6.07, 6.45) is -2.42. The summed E-state index contributed by atoms with van der Waals surface area (Å²) < 4.78 is 50.4. The van der Waals surface area contributed by atoms with Gasteiger partial charge >= 0.3 is 6.18 Å². The molecular formula is C11H11F4N. The first-order chi connectivity index (χ1) is 7.47. The van der Waals surface area contributed by atoms with Crippen molar-refractivity contribution < 1.29 is 17.6 Å². The van der Waals surface area contributed by atoms with Crippen molar-refractivity contribution in [2.75, 3.05) is 11.9 Å². The maximum absolute atomic E-state index is 12.8. The predicted molar refractivity (Wildman–Crippen MR) is 52.6 cm³/mol. The van der Waals surface area contributed by atoms with Crippen LogP contribution < -0.4 is 5.32 Å².